The van der Waals surface area contributed by atoms with Gasteiger partial charge >= 0.3 is 0 Å². The summed E-state index contributed by atoms with van der Waals surface area (Å²) in [5.41, 5.74) is 11.8. The van der Waals surface area contributed by atoms with Gasteiger partial charge in [0.25, 0.3) is 0 Å². The van der Waals surface area contributed by atoms with Crippen LogP contribution in [0, 0.1) is 34.0 Å². The molecule has 1 saturated carbocycles. The summed E-state index contributed by atoms with van der Waals surface area (Å²) in [6, 6.07) is 0. The van der Waals surface area contributed by atoms with E-state index in [1.807, 2.05) is 0 Å². The minimum atomic E-state index is -0.139. The van der Waals surface area contributed by atoms with Crippen LogP contribution in [0.1, 0.15) is 92.4 Å². The van der Waals surface area contributed by atoms with Crippen LogP contribution in [0.15, 0.2) is 22.8 Å². The lowest BCUT2D eigenvalue weighted by Gasteiger charge is -2.59. The molecule has 2 nitrogen and oxygen atoms in total. The zero-order valence-corrected chi connectivity index (χ0v) is 19.0. The third-order valence-corrected chi connectivity index (χ3v) is 9.98. The molecule has 0 radical (unpaired) electrons. The highest BCUT2D eigenvalue weighted by Crippen LogP contribution is 2.66. The molecule has 0 saturated heterocycles. The first-order valence-electron chi connectivity index (χ1n) is 12.0. The number of nitrogens with two attached hydrogens (primary N) is 1. The smallest absolute Gasteiger partial charge is 0.0594 e. The molecular formula is C26H43NO. The maximum atomic E-state index is 10.7. The molecule has 0 aliphatic heterocycles. The van der Waals surface area contributed by atoms with Crippen molar-refractivity contribution in [3.8, 4) is 0 Å². The average molecular weight is 386 g/mol. The van der Waals surface area contributed by atoms with E-state index in [0.717, 1.165) is 31.2 Å². The molecule has 6 atom stereocenters. The number of fused-ring (bicyclic) bond motifs is 4. The topological polar surface area (TPSA) is 46.2 Å². The minimum absolute atomic E-state index is 0.0373. The van der Waals surface area contributed by atoms with Crippen molar-refractivity contribution in [3.63, 3.8) is 0 Å². The van der Waals surface area contributed by atoms with Crippen LogP contribution in [-0.4, -0.2) is 17.8 Å². The highest BCUT2D eigenvalue weighted by Gasteiger charge is 2.57. The monoisotopic (exact) mass is 385 g/mol. The fraction of sp³-hybridized carbons (Fsp3) is 0.846. The molecule has 0 aromatic rings. The predicted molar refractivity (Wildman–Crippen MR) is 118 cm³/mol. The van der Waals surface area contributed by atoms with E-state index in [-0.39, 0.29) is 11.5 Å². The van der Waals surface area contributed by atoms with Gasteiger partial charge in [0.2, 0.25) is 0 Å². The first-order valence-corrected chi connectivity index (χ1v) is 12.0. The summed E-state index contributed by atoms with van der Waals surface area (Å²) in [5.74, 6) is 2.17. The maximum absolute atomic E-state index is 10.7. The minimum Gasteiger partial charge on any atom is -0.393 e. The number of aliphatic hydroxyl groups excluding tert-OH is 1. The lowest BCUT2D eigenvalue weighted by molar-refractivity contribution is -0.0905. The van der Waals surface area contributed by atoms with Crippen molar-refractivity contribution >= 4 is 0 Å². The average Bonchev–Trinajstić information content (AvgIpc) is 3.00. The van der Waals surface area contributed by atoms with Gasteiger partial charge in [0, 0.05) is 0 Å². The molecule has 0 unspecified atom stereocenters. The van der Waals surface area contributed by atoms with Crippen LogP contribution >= 0.6 is 0 Å². The Balaban J connectivity index is 1.66. The van der Waals surface area contributed by atoms with E-state index in [1.54, 1.807) is 16.7 Å². The van der Waals surface area contributed by atoms with Crippen molar-refractivity contribution < 1.29 is 5.11 Å². The zero-order valence-electron chi connectivity index (χ0n) is 19.0. The van der Waals surface area contributed by atoms with Gasteiger partial charge < -0.3 is 10.8 Å². The lowest BCUT2D eigenvalue weighted by Crippen LogP contribution is -2.53. The molecule has 4 rings (SSSR count). The maximum Gasteiger partial charge on any atom is 0.0594 e. The van der Waals surface area contributed by atoms with Crippen molar-refractivity contribution in [2.24, 2.45) is 39.7 Å². The van der Waals surface area contributed by atoms with Gasteiger partial charge in [-0.25, -0.2) is 0 Å². The molecule has 4 aliphatic rings. The molecule has 158 valence electrons. The SMILES string of the molecule is C[C@H](CCCN)[C@H]1CC=C2C3=C(CC[C@@]21C)[C@@]1(C)CC[C@H](O)C(C)(C)[C@@H]1CC3. The first-order chi connectivity index (χ1) is 13.2. The Morgan fingerprint density at radius 1 is 1.11 bits per heavy atom. The van der Waals surface area contributed by atoms with Crippen LogP contribution in [0.5, 0.6) is 0 Å². The predicted octanol–water partition coefficient (Wildman–Crippen LogP) is 6.00. The molecule has 1 fully saturated rings. The lowest BCUT2D eigenvalue weighted by atomic mass is 9.46. The second kappa shape index (κ2) is 6.98. The molecule has 4 aliphatic carbocycles. The number of hydrogen-bond donors (Lipinski definition) is 2. The van der Waals surface area contributed by atoms with Crippen molar-refractivity contribution in [3.05, 3.63) is 22.8 Å². The summed E-state index contributed by atoms with van der Waals surface area (Å²) in [7, 11) is 0. The summed E-state index contributed by atoms with van der Waals surface area (Å²) in [5, 5.41) is 10.7. The number of aliphatic hydroxyl groups is 1. The van der Waals surface area contributed by atoms with Crippen molar-refractivity contribution in [2.75, 3.05) is 6.54 Å². The van der Waals surface area contributed by atoms with E-state index in [2.05, 4.69) is 40.7 Å². The first kappa shape index (κ1) is 20.7. The van der Waals surface area contributed by atoms with Crippen molar-refractivity contribution in [1.82, 2.24) is 0 Å². The molecule has 0 aromatic heterocycles. The van der Waals surface area contributed by atoms with E-state index in [9.17, 15) is 5.11 Å². The molecule has 0 bridgehead atoms. The Morgan fingerprint density at radius 3 is 2.57 bits per heavy atom. The Hall–Kier alpha value is -0.600. The molecule has 0 spiro atoms. The van der Waals surface area contributed by atoms with Gasteiger partial charge in [0.15, 0.2) is 0 Å². The van der Waals surface area contributed by atoms with E-state index in [0.29, 0.717) is 16.7 Å². The largest absolute Gasteiger partial charge is 0.393 e. The quantitative estimate of drug-likeness (QED) is 0.623. The van der Waals surface area contributed by atoms with E-state index >= 15 is 0 Å². The molecule has 0 amide bonds. The van der Waals surface area contributed by atoms with Gasteiger partial charge in [-0.15, -0.1) is 0 Å². The van der Waals surface area contributed by atoms with Crippen LogP contribution in [0.3, 0.4) is 0 Å². The molecule has 3 N–H and O–H groups in total. The van der Waals surface area contributed by atoms with Gasteiger partial charge in [0.1, 0.15) is 0 Å². The van der Waals surface area contributed by atoms with Crippen LogP contribution < -0.4 is 5.73 Å². The fourth-order valence-electron chi connectivity index (χ4n) is 8.22. The molecule has 2 heteroatoms. The summed E-state index contributed by atoms with van der Waals surface area (Å²) in [4.78, 5) is 0. The van der Waals surface area contributed by atoms with E-state index < -0.39 is 0 Å². The van der Waals surface area contributed by atoms with E-state index in [4.69, 9.17) is 5.73 Å². The van der Waals surface area contributed by atoms with Gasteiger partial charge in [-0.3, -0.25) is 0 Å². The second-order valence-corrected chi connectivity index (χ2v) is 11.6. The van der Waals surface area contributed by atoms with Crippen LogP contribution in [-0.2, 0) is 0 Å². The highest BCUT2D eigenvalue weighted by molar-refractivity contribution is 5.49. The normalized spacial score (nSPS) is 43.1. The summed E-state index contributed by atoms with van der Waals surface area (Å²) in [6.07, 6.45) is 13.4. The molecule has 0 aromatic carbocycles. The summed E-state index contributed by atoms with van der Waals surface area (Å²) >= 11 is 0. The Morgan fingerprint density at radius 2 is 1.86 bits per heavy atom. The van der Waals surface area contributed by atoms with Gasteiger partial charge in [-0.2, -0.15) is 0 Å². The standard InChI is InChI=1S/C26H43NO/c1-17(7-6-16-27)19-9-10-20-18-8-11-22-24(2,3)23(28)13-15-26(22,5)21(18)12-14-25(19,20)4/h10,17,19,22-23,28H,6-9,11-16,27H2,1-5H3/t17-,19-,22+,23+,25-,26-/m1/s1. The molecular weight excluding hydrogens is 342 g/mol. The Kier molecular flexibility index (Phi) is 5.15. The molecule has 0 heterocycles. The van der Waals surface area contributed by atoms with Crippen LogP contribution in [0.2, 0.25) is 0 Å². The number of hydrogen-bond acceptors (Lipinski definition) is 2. The summed E-state index contributed by atoms with van der Waals surface area (Å²) in [6.45, 7) is 13.0. The fourth-order valence-corrected chi connectivity index (χ4v) is 8.22. The third-order valence-electron chi connectivity index (χ3n) is 9.98. The van der Waals surface area contributed by atoms with Gasteiger partial charge in [-0.05, 0) is 109 Å². The van der Waals surface area contributed by atoms with Crippen LogP contribution in [0.25, 0.3) is 0 Å². The second-order valence-electron chi connectivity index (χ2n) is 11.6. The van der Waals surface area contributed by atoms with E-state index in [1.165, 1.54) is 44.9 Å². The Labute approximate surface area is 173 Å². The summed E-state index contributed by atoms with van der Waals surface area (Å²) < 4.78 is 0. The number of allylic oxidation sites excluding steroid dienone is 4. The Bertz CT molecular complexity index is 689. The van der Waals surface area contributed by atoms with Gasteiger partial charge in [0.05, 0.1) is 6.10 Å². The van der Waals surface area contributed by atoms with Crippen molar-refractivity contribution in [1.29, 1.82) is 0 Å². The third kappa shape index (κ3) is 2.81. The molecule has 28 heavy (non-hydrogen) atoms. The van der Waals surface area contributed by atoms with Gasteiger partial charge in [-0.1, -0.05) is 46.3 Å². The zero-order chi connectivity index (χ0) is 20.3. The highest BCUT2D eigenvalue weighted by atomic mass is 16.3. The van der Waals surface area contributed by atoms with Crippen molar-refractivity contribution in [2.45, 2.75) is 98.5 Å². The van der Waals surface area contributed by atoms with Crippen LogP contribution in [0.4, 0.5) is 0 Å². The number of rotatable bonds is 4.